The molecule has 2 aliphatic rings. The second-order valence-electron chi connectivity index (χ2n) is 7.64. The summed E-state index contributed by atoms with van der Waals surface area (Å²) in [6.45, 7) is 5.26. The largest absolute Gasteiger partial charge is 0.350 e. The first-order chi connectivity index (χ1) is 14.0. The minimum absolute atomic E-state index is 0.170. The number of hydrogen-bond donors (Lipinski definition) is 1. The highest BCUT2D eigenvalue weighted by molar-refractivity contribution is 7.89. The van der Waals surface area contributed by atoms with Crippen molar-refractivity contribution in [2.75, 3.05) is 18.4 Å². The first kappa shape index (κ1) is 19.8. The van der Waals surface area contributed by atoms with Gasteiger partial charge in [0.2, 0.25) is 16.0 Å². The maximum absolute atomic E-state index is 12.9. The standard InChI is InChI=1S/C21H27N5O2S/c1-17-9-5-2-3-6-10-18(15-17)22-21-23-20-12-11-19(16-26(20)24-21)29(27,28)25-13-7-4-8-14-25/h2-3,5,9,11-12,16,18H,1,4,6-8,10,13-15H2,(H,22,24)/b3-2-,9-5-. The summed E-state index contributed by atoms with van der Waals surface area (Å²) in [5, 5.41) is 7.86. The lowest BCUT2D eigenvalue weighted by atomic mass is 10.0. The molecule has 1 atom stereocenters. The maximum Gasteiger partial charge on any atom is 0.244 e. The highest BCUT2D eigenvalue weighted by Crippen LogP contribution is 2.22. The lowest BCUT2D eigenvalue weighted by Crippen LogP contribution is -2.35. The van der Waals surface area contributed by atoms with Crippen LogP contribution >= 0.6 is 0 Å². The van der Waals surface area contributed by atoms with Crippen LogP contribution in [0.4, 0.5) is 5.95 Å². The van der Waals surface area contributed by atoms with Crippen LogP contribution in [-0.2, 0) is 10.0 Å². The number of rotatable bonds is 4. The molecular formula is C21H27N5O2S. The minimum Gasteiger partial charge on any atom is -0.350 e. The normalized spacial score (nSPS) is 23.9. The van der Waals surface area contributed by atoms with Gasteiger partial charge in [-0.15, -0.1) is 5.10 Å². The van der Waals surface area contributed by atoms with E-state index < -0.39 is 10.0 Å². The van der Waals surface area contributed by atoms with E-state index in [0.29, 0.717) is 24.7 Å². The molecule has 7 nitrogen and oxygen atoms in total. The predicted octanol–water partition coefficient (Wildman–Crippen LogP) is 3.54. The minimum atomic E-state index is -3.49. The Morgan fingerprint density at radius 3 is 2.79 bits per heavy atom. The summed E-state index contributed by atoms with van der Waals surface area (Å²) in [6.07, 6.45) is 15.4. The van der Waals surface area contributed by atoms with Crippen LogP contribution in [0.15, 0.2) is 59.7 Å². The Labute approximate surface area is 171 Å². The Hall–Kier alpha value is -2.45. The second kappa shape index (κ2) is 8.51. The van der Waals surface area contributed by atoms with E-state index in [1.165, 1.54) is 0 Å². The Morgan fingerprint density at radius 1 is 1.14 bits per heavy atom. The third-order valence-electron chi connectivity index (χ3n) is 5.36. The number of fused-ring (bicyclic) bond motifs is 1. The number of anilines is 1. The first-order valence-corrected chi connectivity index (χ1v) is 11.6. The fourth-order valence-electron chi connectivity index (χ4n) is 3.79. The number of aromatic nitrogens is 3. The van der Waals surface area contributed by atoms with Crippen molar-refractivity contribution in [2.24, 2.45) is 0 Å². The number of nitrogens with one attached hydrogen (secondary N) is 1. The molecule has 1 fully saturated rings. The third-order valence-corrected chi connectivity index (χ3v) is 7.24. The number of sulfonamides is 1. The Kier molecular flexibility index (Phi) is 5.82. The van der Waals surface area contributed by atoms with Gasteiger partial charge in [-0.1, -0.05) is 42.9 Å². The summed E-state index contributed by atoms with van der Waals surface area (Å²) in [7, 11) is -3.49. The number of hydrogen-bond acceptors (Lipinski definition) is 5. The molecule has 0 bridgehead atoms. The third kappa shape index (κ3) is 4.59. The number of nitrogens with zero attached hydrogens (tertiary/aromatic N) is 4. The molecule has 2 aromatic heterocycles. The van der Waals surface area contributed by atoms with Crippen LogP contribution in [0, 0.1) is 0 Å². The van der Waals surface area contributed by atoms with E-state index in [1.807, 2.05) is 18.2 Å². The zero-order valence-electron chi connectivity index (χ0n) is 16.5. The molecule has 1 unspecified atom stereocenters. The number of piperidine rings is 1. The zero-order valence-corrected chi connectivity index (χ0v) is 17.3. The lowest BCUT2D eigenvalue weighted by molar-refractivity contribution is 0.346. The van der Waals surface area contributed by atoms with E-state index in [9.17, 15) is 8.42 Å². The smallest absolute Gasteiger partial charge is 0.244 e. The molecule has 29 heavy (non-hydrogen) atoms. The molecule has 1 aliphatic heterocycles. The van der Waals surface area contributed by atoms with Gasteiger partial charge in [0.1, 0.15) is 4.90 Å². The Bertz CT molecular complexity index is 1050. The highest BCUT2D eigenvalue weighted by atomic mass is 32.2. The van der Waals surface area contributed by atoms with E-state index >= 15 is 0 Å². The summed E-state index contributed by atoms with van der Waals surface area (Å²) in [5.41, 5.74) is 1.67. The SMILES string of the molecule is C=C1/C=C\C=C/CCC(Nc2nc3ccc(S(=O)(=O)N4CCCCC4)cn3n2)C1. The van der Waals surface area contributed by atoms with E-state index in [-0.39, 0.29) is 10.9 Å². The summed E-state index contributed by atoms with van der Waals surface area (Å²) in [5.74, 6) is 0.502. The maximum atomic E-state index is 12.9. The second-order valence-corrected chi connectivity index (χ2v) is 9.57. The van der Waals surface area contributed by atoms with Gasteiger partial charge in [0.05, 0.1) is 6.20 Å². The van der Waals surface area contributed by atoms with Gasteiger partial charge in [0.15, 0.2) is 5.65 Å². The van der Waals surface area contributed by atoms with E-state index in [4.69, 9.17) is 0 Å². The van der Waals surface area contributed by atoms with Gasteiger partial charge in [-0.25, -0.2) is 12.9 Å². The Balaban J connectivity index is 1.54. The topological polar surface area (TPSA) is 79.6 Å². The van der Waals surface area contributed by atoms with Crippen LogP contribution in [0.1, 0.15) is 38.5 Å². The lowest BCUT2D eigenvalue weighted by Gasteiger charge is -2.25. The molecule has 4 rings (SSSR count). The van der Waals surface area contributed by atoms with Crippen LogP contribution < -0.4 is 5.32 Å². The van der Waals surface area contributed by atoms with E-state index in [1.54, 1.807) is 27.2 Å². The van der Waals surface area contributed by atoms with E-state index in [0.717, 1.165) is 44.1 Å². The zero-order chi connectivity index (χ0) is 20.3. The molecule has 0 radical (unpaired) electrons. The van der Waals surface area contributed by atoms with Crippen molar-refractivity contribution in [3.63, 3.8) is 0 Å². The van der Waals surface area contributed by atoms with E-state index in [2.05, 4.69) is 28.1 Å². The molecule has 2 aromatic rings. The number of pyridine rings is 1. The van der Waals surface area contributed by atoms with Crippen molar-refractivity contribution < 1.29 is 8.42 Å². The average molecular weight is 414 g/mol. The highest BCUT2D eigenvalue weighted by Gasteiger charge is 2.26. The first-order valence-electron chi connectivity index (χ1n) is 10.2. The summed E-state index contributed by atoms with van der Waals surface area (Å²) < 4.78 is 29.0. The molecule has 1 aliphatic carbocycles. The molecule has 0 saturated carbocycles. The summed E-state index contributed by atoms with van der Waals surface area (Å²) in [6, 6.07) is 3.50. The van der Waals surface area contributed by atoms with Crippen molar-refractivity contribution in [1.82, 2.24) is 18.9 Å². The number of allylic oxidation sites excluding steroid dienone is 4. The van der Waals surface area contributed by atoms with Crippen molar-refractivity contribution in [1.29, 1.82) is 0 Å². The summed E-state index contributed by atoms with van der Waals surface area (Å²) >= 11 is 0. The van der Waals surface area contributed by atoms with Crippen LogP contribution in [-0.4, -0.2) is 46.5 Å². The molecule has 1 saturated heterocycles. The van der Waals surface area contributed by atoms with Gasteiger partial charge in [-0.2, -0.15) is 9.29 Å². The quantitative estimate of drug-likeness (QED) is 0.829. The van der Waals surface area contributed by atoms with Gasteiger partial charge in [-0.3, -0.25) is 0 Å². The van der Waals surface area contributed by atoms with Gasteiger partial charge in [0, 0.05) is 19.1 Å². The van der Waals surface area contributed by atoms with Crippen LogP contribution in [0.5, 0.6) is 0 Å². The van der Waals surface area contributed by atoms with Crippen LogP contribution in [0.25, 0.3) is 5.65 Å². The van der Waals surface area contributed by atoms with Gasteiger partial charge < -0.3 is 5.32 Å². The van der Waals surface area contributed by atoms with Crippen molar-refractivity contribution in [3.8, 4) is 0 Å². The molecule has 3 heterocycles. The van der Waals surface area contributed by atoms with Crippen molar-refractivity contribution in [2.45, 2.75) is 49.5 Å². The van der Waals surface area contributed by atoms with Crippen LogP contribution in [0.2, 0.25) is 0 Å². The molecular weight excluding hydrogens is 386 g/mol. The fraction of sp³-hybridized carbons (Fsp3) is 0.429. The Morgan fingerprint density at radius 2 is 1.97 bits per heavy atom. The molecule has 0 amide bonds. The molecule has 8 heteroatoms. The monoisotopic (exact) mass is 413 g/mol. The molecule has 154 valence electrons. The average Bonchev–Trinajstić information content (AvgIpc) is 3.15. The predicted molar refractivity (Wildman–Crippen MR) is 114 cm³/mol. The van der Waals surface area contributed by atoms with Gasteiger partial charge in [-0.05, 0) is 44.2 Å². The van der Waals surface area contributed by atoms with Gasteiger partial charge in [0.25, 0.3) is 0 Å². The fourth-order valence-corrected chi connectivity index (χ4v) is 5.30. The van der Waals surface area contributed by atoms with Gasteiger partial charge >= 0.3 is 0 Å². The van der Waals surface area contributed by atoms with Crippen LogP contribution in [0.3, 0.4) is 0 Å². The molecule has 0 spiro atoms. The van der Waals surface area contributed by atoms with Crippen molar-refractivity contribution in [3.05, 3.63) is 54.8 Å². The van der Waals surface area contributed by atoms with Crippen molar-refractivity contribution >= 4 is 21.6 Å². The molecule has 1 N–H and O–H groups in total. The molecule has 0 aromatic carbocycles. The summed E-state index contributed by atoms with van der Waals surface area (Å²) in [4.78, 5) is 4.77.